The predicted octanol–water partition coefficient (Wildman–Crippen LogP) is 3.00. The number of furan rings is 1. The molecule has 1 saturated heterocycles. The summed E-state index contributed by atoms with van der Waals surface area (Å²) in [7, 11) is 1.58. The quantitative estimate of drug-likeness (QED) is 0.491. The summed E-state index contributed by atoms with van der Waals surface area (Å²) >= 11 is 1.27. The average Bonchev–Trinajstić information content (AvgIpc) is 3.60. The van der Waals surface area contributed by atoms with E-state index in [1.165, 1.54) is 11.3 Å². The maximum atomic E-state index is 13.7. The Bertz CT molecular complexity index is 1470. The van der Waals surface area contributed by atoms with Gasteiger partial charge in [-0.05, 0) is 50.5 Å². The Labute approximate surface area is 206 Å². The zero-order valence-corrected chi connectivity index (χ0v) is 20.8. The van der Waals surface area contributed by atoms with Crippen LogP contribution in [0.25, 0.3) is 6.08 Å². The molecular formula is C26H27N3O5S. The molecule has 0 N–H and O–H groups in total. The summed E-state index contributed by atoms with van der Waals surface area (Å²) in [6.07, 6.45) is 4.05. The number of carbonyl (C=O) groups excluding carboxylic acids is 1. The minimum atomic E-state index is -0.681. The van der Waals surface area contributed by atoms with Crippen molar-refractivity contribution >= 4 is 29.3 Å². The molecule has 0 bridgehead atoms. The van der Waals surface area contributed by atoms with E-state index in [2.05, 4.69) is 9.89 Å². The van der Waals surface area contributed by atoms with Crippen molar-refractivity contribution in [3.8, 4) is 5.75 Å². The van der Waals surface area contributed by atoms with Crippen LogP contribution in [0, 0.1) is 0 Å². The number of benzene rings is 1. The van der Waals surface area contributed by atoms with E-state index in [0.29, 0.717) is 32.1 Å². The highest BCUT2D eigenvalue weighted by Gasteiger charge is 2.33. The number of fused-ring (bicyclic) bond motifs is 1. The van der Waals surface area contributed by atoms with Gasteiger partial charge < -0.3 is 18.8 Å². The van der Waals surface area contributed by atoms with Crippen molar-refractivity contribution in [3.63, 3.8) is 0 Å². The van der Waals surface area contributed by atoms with Gasteiger partial charge in [-0.25, -0.2) is 9.79 Å². The highest BCUT2D eigenvalue weighted by molar-refractivity contribution is 7.07. The van der Waals surface area contributed by atoms with E-state index in [1.807, 2.05) is 36.4 Å². The molecule has 0 radical (unpaired) electrons. The first-order valence-electron chi connectivity index (χ1n) is 11.7. The predicted molar refractivity (Wildman–Crippen MR) is 134 cm³/mol. The Morgan fingerprint density at radius 3 is 2.80 bits per heavy atom. The summed E-state index contributed by atoms with van der Waals surface area (Å²) in [6.45, 7) is 5.70. The van der Waals surface area contributed by atoms with Crippen LogP contribution in [0.1, 0.15) is 44.1 Å². The third-order valence-corrected chi connectivity index (χ3v) is 7.21. The van der Waals surface area contributed by atoms with Crippen molar-refractivity contribution in [3.05, 3.63) is 78.7 Å². The van der Waals surface area contributed by atoms with Crippen LogP contribution in [-0.2, 0) is 9.53 Å². The monoisotopic (exact) mass is 493 g/mol. The number of allylic oxidation sites excluding steroid dienone is 1. The minimum Gasteiger partial charge on any atom is -0.497 e. The third-order valence-electron chi connectivity index (χ3n) is 6.23. The van der Waals surface area contributed by atoms with E-state index < -0.39 is 12.0 Å². The molecule has 9 heteroatoms. The van der Waals surface area contributed by atoms with Crippen molar-refractivity contribution < 1.29 is 18.7 Å². The van der Waals surface area contributed by atoms with E-state index in [4.69, 9.17) is 13.9 Å². The minimum absolute atomic E-state index is 0.225. The van der Waals surface area contributed by atoms with E-state index in [0.717, 1.165) is 37.4 Å². The van der Waals surface area contributed by atoms with Gasteiger partial charge in [0.05, 0.1) is 35.6 Å². The Kier molecular flexibility index (Phi) is 6.34. The standard InChI is InChI=1S/C26H27N3O5S/c1-4-33-25(31)22-16(2)27-26-29(23(22)17-8-7-9-18(14-17)32-3)24(30)20(35-26)15-19-10-11-21(34-19)28-12-5-6-13-28/h7-11,14-15,23H,4-6,12-13H2,1-3H3/b20-15+/t23-/m0/s1. The lowest BCUT2D eigenvalue weighted by molar-refractivity contribution is -0.139. The molecule has 0 amide bonds. The number of esters is 1. The molecular weight excluding hydrogens is 466 g/mol. The van der Waals surface area contributed by atoms with Gasteiger partial charge in [-0.2, -0.15) is 0 Å². The van der Waals surface area contributed by atoms with Crippen LogP contribution in [0.2, 0.25) is 0 Å². The highest BCUT2D eigenvalue weighted by Crippen LogP contribution is 2.32. The first-order valence-corrected chi connectivity index (χ1v) is 12.5. The Morgan fingerprint density at radius 2 is 2.06 bits per heavy atom. The van der Waals surface area contributed by atoms with Gasteiger partial charge in [0, 0.05) is 25.2 Å². The summed E-state index contributed by atoms with van der Waals surface area (Å²) in [6, 6.07) is 10.5. The van der Waals surface area contributed by atoms with Crippen molar-refractivity contribution in [1.82, 2.24) is 4.57 Å². The second-order valence-corrected chi connectivity index (χ2v) is 9.46. The second kappa shape index (κ2) is 9.58. The Balaban J connectivity index is 1.64. The number of aromatic nitrogens is 1. The summed E-state index contributed by atoms with van der Waals surface area (Å²) in [5.74, 6) is 1.57. The number of hydrogen-bond donors (Lipinski definition) is 0. The van der Waals surface area contributed by atoms with Crippen LogP contribution >= 0.6 is 11.3 Å². The van der Waals surface area contributed by atoms with E-state index >= 15 is 0 Å². The van der Waals surface area contributed by atoms with Crippen LogP contribution in [0.4, 0.5) is 5.88 Å². The van der Waals surface area contributed by atoms with Gasteiger partial charge in [0.15, 0.2) is 10.7 Å². The average molecular weight is 494 g/mol. The lowest BCUT2D eigenvalue weighted by atomic mass is 9.95. The number of carbonyl (C=O) groups is 1. The molecule has 182 valence electrons. The third kappa shape index (κ3) is 4.32. The van der Waals surface area contributed by atoms with Gasteiger partial charge >= 0.3 is 5.97 Å². The topological polar surface area (TPSA) is 86.3 Å². The molecule has 0 saturated carbocycles. The maximum Gasteiger partial charge on any atom is 0.338 e. The molecule has 1 fully saturated rings. The molecule has 1 aromatic carbocycles. The number of ether oxygens (including phenoxy) is 2. The molecule has 35 heavy (non-hydrogen) atoms. The molecule has 4 heterocycles. The summed E-state index contributed by atoms with van der Waals surface area (Å²) in [5.41, 5.74) is 1.37. The van der Waals surface area contributed by atoms with Gasteiger partial charge in [-0.3, -0.25) is 9.36 Å². The van der Waals surface area contributed by atoms with Crippen LogP contribution in [-0.4, -0.2) is 37.3 Å². The smallest absolute Gasteiger partial charge is 0.338 e. The first-order chi connectivity index (χ1) is 17.0. The molecule has 2 aliphatic heterocycles. The summed E-state index contributed by atoms with van der Waals surface area (Å²) in [5, 5.41) is 0. The second-order valence-electron chi connectivity index (χ2n) is 8.45. The van der Waals surface area contributed by atoms with Crippen LogP contribution < -0.4 is 24.5 Å². The largest absolute Gasteiger partial charge is 0.497 e. The number of anilines is 1. The van der Waals surface area contributed by atoms with E-state index in [9.17, 15) is 9.59 Å². The fourth-order valence-electron chi connectivity index (χ4n) is 4.57. The number of hydrogen-bond acceptors (Lipinski definition) is 8. The van der Waals surface area contributed by atoms with Crippen molar-refractivity contribution in [2.24, 2.45) is 4.99 Å². The van der Waals surface area contributed by atoms with Gasteiger partial charge in [0.1, 0.15) is 11.5 Å². The molecule has 3 aromatic rings. The Hall–Kier alpha value is -3.59. The molecule has 0 spiro atoms. The number of thiazole rings is 1. The van der Waals surface area contributed by atoms with Gasteiger partial charge in [-0.15, -0.1) is 0 Å². The number of rotatable bonds is 6. The summed E-state index contributed by atoms with van der Waals surface area (Å²) < 4.78 is 18.8. The molecule has 2 aliphatic rings. The normalized spacial score (nSPS) is 18.0. The zero-order chi connectivity index (χ0) is 24.5. The number of nitrogens with zero attached hydrogens (tertiary/aromatic N) is 3. The van der Waals surface area contributed by atoms with Gasteiger partial charge in [-0.1, -0.05) is 23.5 Å². The lowest BCUT2D eigenvalue weighted by Crippen LogP contribution is -2.39. The van der Waals surface area contributed by atoms with Crippen LogP contribution in [0.5, 0.6) is 5.75 Å². The molecule has 0 aliphatic carbocycles. The molecule has 1 atom stereocenters. The van der Waals surface area contributed by atoms with Crippen molar-refractivity contribution in [2.45, 2.75) is 32.7 Å². The zero-order valence-electron chi connectivity index (χ0n) is 19.9. The van der Waals surface area contributed by atoms with Crippen molar-refractivity contribution in [1.29, 1.82) is 0 Å². The van der Waals surface area contributed by atoms with Gasteiger partial charge in [0.25, 0.3) is 5.56 Å². The fourth-order valence-corrected chi connectivity index (χ4v) is 5.60. The number of methoxy groups -OCH3 is 1. The van der Waals surface area contributed by atoms with Gasteiger partial charge in [0.2, 0.25) is 0 Å². The first kappa shape index (κ1) is 23.2. The molecule has 0 unspecified atom stereocenters. The fraction of sp³-hybridized carbons (Fsp3) is 0.346. The van der Waals surface area contributed by atoms with Crippen LogP contribution in [0.15, 0.2) is 61.9 Å². The van der Waals surface area contributed by atoms with E-state index in [1.54, 1.807) is 31.6 Å². The summed E-state index contributed by atoms with van der Waals surface area (Å²) in [4.78, 5) is 34.0. The van der Waals surface area contributed by atoms with E-state index in [-0.39, 0.29) is 12.2 Å². The molecule has 2 aromatic heterocycles. The maximum absolute atomic E-state index is 13.7. The SMILES string of the molecule is CCOC(=O)C1=C(C)N=c2s/c(=C/c3ccc(N4CCCC4)o3)c(=O)n2[C@H]1c1cccc(OC)c1. The Morgan fingerprint density at radius 1 is 1.26 bits per heavy atom. The van der Waals surface area contributed by atoms with Crippen molar-refractivity contribution in [2.75, 3.05) is 31.7 Å². The molecule has 8 nitrogen and oxygen atoms in total. The van der Waals surface area contributed by atoms with Crippen LogP contribution in [0.3, 0.4) is 0 Å². The highest BCUT2D eigenvalue weighted by atomic mass is 32.1. The molecule has 5 rings (SSSR count). The lowest BCUT2D eigenvalue weighted by Gasteiger charge is -2.24.